The van der Waals surface area contributed by atoms with E-state index in [2.05, 4.69) is 29.6 Å². The summed E-state index contributed by atoms with van der Waals surface area (Å²) < 4.78 is 0. The standard InChI is InChI=1S/C16H23NO/c1-13(2)15(18)17-16(11-7-4-8-12-16)14-9-5-3-6-10-14/h3,5-6,9-10,13H,4,7-8,11-12H2,1-2H3,(H,17,18). The lowest BCUT2D eigenvalue weighted by Gasteiger charge is -2.39. The van der Waals surface area contributed by atoms with Crippen LogP contribution in [0.4, 0.5) is 0 Å². The first-order valence-corrected chi connectivity index (χ1v) is 7.02. The average Bonchev–Trinajstić information content (AvgIpc) is 2.40. The maximum Gasteiger partial charge on any atom is 0.223 e. The number of hydrogen-bond acceptors (Lipinski definition) is 1. The van der Waals surface area contributed by atoms with Gasteiger partial charge in [0, 0.05) is 5.92 Å². The van der Waals surface area contributed by atoms with Crippen LogP contribution in [0.5, 0.6) is 0 Å². The van der Waals surface area contributed by atoms with Gasteiger partial charge in [0.05, 0.1) is 5.54 Å². The lowest BCUT2D eigenvalue weighted by atomic mass is 9.76. The molecular formula is C16H23NO. The zero-order valence-corrected chi connectivity index (χ0v) is 11.4. The molecule has 1 saturated carbocycles. The smallest absolute Gasteiger partial charge is 0.223 e. The van der Waals surface area contributed by atoms with Crippen LogP contribution in [0.2, 0.25) is 0 Å². The predicted octanol–water partition coefficient (Wildman–Crippen LogP) is 3.62. The second-order valence-corrected chi connectivity index (χ2v) is 5.65. The number of rotatable bonds is 3. The fourth-order valence-electron chi connectivity index (χ4n) is 2.78. The van der Waals surface area contributed by atoms with Crippen molar-refractivity contribution in [2.45, 2.75) is 51.5 Å². The molecule has 0 spiro atoms. The van der Waals surface area contributed by atoms with E-state index in [-0.39, 0.29) is 17.4 Å². The van der Waals surface area contributed by atoms with E-state index in [4.69, 9.17) is 0 Å². The Morgan fingerprint density at radius 3 is 2.28 bits per heavy atom. The van der Waals surface area contributed by atoms with Crippen molar-refractivity contribution >= 4 is 5.91 Å². The Balaban J connectivity index is 2.26. The molecule has 18 heavy (non-hydrogen) atoms. The minimum Gasteiger partial charge on any atom is -0.346 e. The maximum atomic E-state index is 12.1. The van der Waals surface area contributed by atoms with E-state index in [0.717, 1.165) is 12.8 Å². The molecule has 1 fully saturated rings. The quantitative estimate of drug-likeness (QED) is 0.866. The summed E-state index contributed by atoms with van der Waals surface area (Å²) in [6.45, 7) is 3.91. The van der Waals surface area contributed by atoms with Crippen molar-refractivity contribution < 1.29 is 4.79 Å². The van der Waals surface area contributed by atoms with Gasteiger partial charge in [-0.2, -0.15) is 0 Å². The van der Waals surface area contributed by atoms with Crippen LogP contribution < -0.4 is 5.32 Å². The third-order valence-corrected chi connectivity index (χ3v) is 3.92. The second-order valence-electron chi connectivity index (χ2n) is 5.65. The lowest BCUT2D eigenvalue weighted by Crippen LogP contribution is -2.48. The van der Waals surface area contributed by atoms with Crippen molar-refractivity contribution in [3.05, 3.63) is 35.9 Å². The lowest BCUT2D eigenvalue weighted by molar-refractivity contribution is -0.126. The molecule has 0 radical (unpaired) electrons. The Morgan fingerprint density at radius 2 is 1.72 bits per heavy atom. The van der Waals surface area contributed by atoms with Gasteiger partial charge in [0.1, 0.15) is 0 Å². The van der Waals surface area contributed by atoms with Crippen LogP contribution in [-0.2, 0) is 10.3 Å². The van der Waals surface area contributed by atoms with E-state index >= 15 is 0 Å². The number of benzene rings is 1. The molecule has 0 aromatic heterocycles. The molecule has 1 aliphatic rings. The molecule has 0 heterocycles. The van der Waals surface area contributed by atoms with Crippen LogP contribution >= 0.6 is 0 Å². The summed E-state index contributed by atoms with van der Waals surface area (Å²) in [7, 11) is 0. The number of carbonyl (C=O) groups excluding carboxylic acids is 1. The molecule has 1 amide bonds. The van der Waals surface area contributed by atoms with Gasteiger partial charge in [0.15, 0.2) is 0 Å². The topological polar surface area (TPSA) is 29.1 Å². The minimum absolute atomic E-state index is 0.0486. The van der Waals surface area contributed by atoms with Gasteiger partial charge in [-0.25, -0.2) is 0 Å². The summed E-state index contributed by atoms with van der Waals surface area (Å²) in [5, 5.41) is 3.31. The number of amides is 1. The Labute approximate surface area is 110 Å². The van der Waals surface area contributed by atoms with Gasteiger partial charge in [0.2, 0.25) is 5.91 Å². The van der Waals surface area contributed by atoms with Gasteiger partial charge in [0.25, 0.3) is 0 Å². The molecule has 1 aliphatic carbocycles. The Morgan fingerprint density at radius 1 is 1.11 bits per heavy atom. The van der Waals surface area contributed by atoms with Crippen molar-refractivity contribution in [3.63, 3.8) is 0 Å². The Bertz CT molecular complexity index is 391. The molecule has 1 aromatic rings. The first-order chi connectivity index (χ1) is 8.64. The van der Waals surface area contributed by atoms with E-state index in [1.165, 1.54) is 24.8 Å². The molecule has 0 atom stereocenters. The third-order valence-electron chi connectivity index (χ3n) is 3.92. The molecule has 0 saturated heterocycles. The van der Waals surface area contributed by atoms with Crippen LogP contribution in [-0.4, -0.2) is 5.91 Å². The summed E-state index contributed by atoms with van der Waals surface area (Å²) in [5.41, 5.74) is 1.14. The normalized spacial score (nSPS) is 18.6. The largest absolute Gasteiger partial charge is 0.346 e. The fraction of sp³-hybridized carbons (Fsp3) is 0.562. The molecule has 2 rings (SSSR count). The van der Waals surface area contributed by atoms with Gasteiger partial charge >= 0.3 is 0 Å². The molecule has 2 heteroatoms. The molecule has 0 aliphatic heterocycles. The monoisotopic (exact) mass is 245 g/mol. The van der Waals surface area contributed by atoms with Crippen molar-refractivity contribution in [1.29, 1.82) is 0 Å². The van der Waals surface area contributed by atoms with Crippen LogP contribution in [0.1, 0.15) is 51.5 Å². The average molecular weight is 245 g/mol. The highest BCUT2D eigenvalue weighted by Gasteiger charge is 2.35. The van der Waals surface area contributed by atoms with Crippen molar-refractivity contribution in [3.8, 4) is 0 Å². The van der Waals surface area contributed by atoms with Gasteiger partial charge < -0.3 is 5.32 Å². The molecule has 1 aromatic carbocycles. The predicted molar refractivity (Wildman–Crippen MR) is 74.2 cm³/mol. The molecule has 0 bridgehead atoms. The summed E-state index contributed by atoms with van der Waals surface area (Å²) in [6.07, 6.45) is 5.82. The van der Waals surface area contributed by atoms with E-state index in [1.807, 2.05) is 19.9 Å². The van der Waals surface area contributed by atoms with Gasteiger partial charge in [-0.1, -0.05) is 63.4 Å². The summed E-state index contributed by atoms with van der Waals surface area (Å²) in [5.74, 6) is 0.216. The molecule has 98 valence electrons. The maximum absolute atomic E-state index is 12.1. The zero-order valence-electron chi connectivity index (χ0n) is 11.4. The summed E-state index contributed by atoms with van der Waals surface area (Å²) >= 11 is 0. The first kappa shape index (κ1) is 13.1. The number of hydrogen-bond donors (Lipinski definition) is 1. The van der Waals surface area contributed by atoms with E-state index in [0.29, 0.717) is 0 Å². The van der Waals surface area contributed by atoms with Crippen molar-refractivity contribution in [2.75, 3.05) is 0 Å². The Hall–Kier alpha value is -1.31. The number of carbonyl (C=O) groups is 1. The van der Waals surface area contributed by atoms with Gasteiger partial charge in [-0.05, 0) is 18.4 Å². The van der Waals surface area contributed by atoms with Crippen LogP contribution in [0.25, 0.3) is 0 Å². The highest BCUT2D eigenvalue weighted by Crippen LogP contribution is 2.37. The SMILES string of the molecule is CC(C)C(=O)NC1(c2ccccc2)CCCCC1. The van der Waals surface area contributed by atoms with E-state index in [9.17, 15) is 4.79 Å². The molecule has 1 N–H and O–H groups in total. The molecular weight excluding hydrogens is 222 g/mol. The summed E-state index contributed by atoms with van der Waals surface area (Å²) in [6, 6.07) is 10.4. The second kappa shape index (κ2) is 5.55. The molecule has 2 nitrogen and oxygen atoms in total. The van der Waals surface area contributed by atoms with Crippen molar-refractivity contribution in [1.82, 2.24) is 5.32 Å². The van der Waals surface area contributed by atoms with Crippen LogP contribution in [0.3, 0.4) is 0 Å². The molecule has 0 unspecified atom stereocenters. The Kier molecular flexibility index (Phi) is 4.05. The highest BCUT2D eigenvalue weighted by molar-refractivity contribution is 5.79. The third kappa shape index (κ3) is 2.74. The van der Waals surface area contributed by atoms with Gasteiger partial charge in [-0.3, -0.25) is 4.79 Å². The fourth-order valence-corrected chi connectivity index (χ4v) is 2.78. The zero-order chi connectivity index (χ0) is 13.0. The van der Waals surface area contributed by atoms with Crippen LogP contribution in [0, 0.1) is 5.92 Å². The highest BCUT2D eigenvalue weighted by atomic mass is 16.2. The van der Waals surface area contributed by atoms with Gasteiger partial charge in [-0.15, -0.1) is 0 Å². The minimum atomic E-state index is -0.124. The van der Waals surface area contributed by atoms with E-state index < -0.39 is 0 Å². The number of nitrogens with one attached hydrogen (secondary N) is 1. The van der Waals surface area contributed by atoms with Crippen LogP contribution in [0.15, 0.2) is 30.3 Å². The van der Waals surface area contributed by atoms with Crippen molar-refractivity contribution in [2.24, 2.45) is 5.92 Å². The van der Waals surface area contributed by atoms with E-state index in [1.54, 1.807) is 0 Å². The summed E-state index contributed by atoms with van der Waals surface area (Å²) in [4.78, 5) is 12.1. The first-order valence-electron chi connectivity index (χ1n) is 7.02.